The maximum absolute atomic E-state index is 11.4. The third-order valence-corrected chi connectivity index (χ3v) is 2.84. The number of carbonyl (C=O) groups excluding carboxylic acids is 1. The lowest BCUT2D eigenvalue weighted by Gasteiger charge is -2.27. The molecule has 74 valence electrons. The van der Waals surface area contributed by atoms with Gasteiger partial charge in [0, 0.05) is 18.6 Å². The van der Waals surface area contributed by atoms with Crippen LogP contribution in [-0.4, -0.2) is 48.4 Å². The Hall–Kier alpha value is -0.830. The van der Waals surface area contributed by atoms with E-state index in [1.54, 1.807) is 0 Å². The first kappa shape index (κ1) is 10.3. The SMILES string of the molecule is C=CC(=O)N1CC[C@@H](N(C)C)[C@@H]1C. The van der Waals surface area contributed by atoms with Crippen LogP contribution < -0.4 is 0 Å². The van der Waals surface area contributed by atoms with E-state index in [4.69, 9.17) is 0 Å². The third kappa shape index (κ3) is 1.91. The topological polar surface area (TPSA) is 23.6 Å². The molecule has 2 atom stereocenters. The molecule has 0 saturated carbocycles. The minimum absolute atomic E-state index is 0.0526. The van der Waals surface area contributed by atoms with Crippen LogP contribution in [0.2, 0.25) is 0 Å². The van der Waals surface area contributed by atoms with Gasteiger partial charge in [0.25, 0.3) is 0 Å². The first-order chi connectivity index (χ1) is 6.07. The van der Waals surface area contributed by atoms with Crippen molar-refractivity contribution < 1.29 is 4.79 Å². The van der Waals surface area contributed by atoms with Gasteiger partial charge in [-0.3, -0.25) is 4.79 Å². The molecule has 1 fully saturated rings. The van der Waals surface area contributed by atoms with Crippen molar-refractivity contribution in [3.8, 4) is 0 Å². The number of likely N-dealkylation sites (N-methyl/N-ethyl adjacent to an activating group) is 1. The summed E-state index contributed by atoms with van der Waals surface area (Å²) in [6, 6.07) is 0.796. The Balaban J connectivity index is 2.64. The molecule has 0 aromatic rings. The highest BCUT2D eigenvalue weighted by molar-refractivity contribution is 5.87. The van der Waals surface area contributed by atoms with E-state index in [0.717, 1.165) is 13.0 Å². The van der Waals surface area contributed by atoms with Crippen LogP contribution in [0, 0.1) is 0 Å². The van der Waals surface area contributed by atoms with Gasteiger partial charge >= 0.3 is 0 Å². The Labute approximate surface area is 80.0 Å². The summed E-state index contributed by atoms with van der Waals surface area (Å²) in [6.07, 6.45) is 2.46. The number of likely N-dealkylation sites (tertiary alicyclic amines) is 1. The van der Waals surface area contributed by atoms with Crippen molar-refractivity contribution in [1.82, 2.24) is 9.80 Å². The zero-order valence-corrected chi connectivity index (χ0v) is 8.66. The third-order valence-electron chi connectivity index (χ3n) is 2.84. The van der Waals surface area contributed by atoms with Gasteiger partial charge in [0.05, 0.1) is 0 Å². The maximum atomic E-state index is 11.4. The quantitative estimate of drug-likeness (QED) is 0.588. The van der Waals surface area contributed by atoms with E-state index in [2.05, 4.69) is 32.5 Å². The molecule has 1 aliphatic heterocycles. The second kappa shape index (κ2) is 3.92. The molecule has 3 heteroatoms. The number of hydrogen-bond acceptors (Lipinski definition) is 2. The highest BCUT2D eigenvalue weighted by atomic mass is 16.2. The lowest BCUT2D eigenvalue weighted by atomic mass is 10.1. The Morgan fingerprint density at radius 3 is 2.62 bits per heavy atom. The van der Waals surface area contributed by atoms with Gasteiger partial charge in [-0.2, -0.15) is 0 Å². The zero-order valence-electron chi connectivity index (χ0n) is 8.66. The van der Waals surface area contributed by atoms with Crippen LogP contribution in [0.4, 0.5) is 0 Å². The number of carbonyl (C=O) groups is 1. The Morgan fingerprint density at radius 2 is 2.23 bits per heavy atom. The Morgan fingerprint density at radius 1 is 1.62 bits per heavy atom. The molecule has 1 rings (SSSR count). The minimum atomic E-state index is 0.0526. The Kier molecular flexibility index (Phi) is 3.09. The summed E-state index contributed by atoms with van der Waals surface area (Å²) in [7, 11) is 4.12. The van der Waals surface area contributed by atoms with Crippen LogP contribution in [0.15, 0.2) is 12.7 Å². The number of hydrogen-bond donors (Lipinski definition) is 0. The van der Waals surface area contributed by atoms with Gasteiger partial charge in [-0.1, -0.05) is 6.58 Å². The molecule has 0 unspecified atom stereocenters. The van der Waals surface area contributed by atoms with Gasteiger partial charge in [-0.15, -0.1) is 0 Å². The molecule has 0 N–H and O–H groups in total. The standard InChI is InChI=1S/C10H18N2O/c1-5-10(13)12-7-6-9(8(12)2)11(3)4/h5,8-9H,1,6-7H2,2-4H3/t8-,9+/m0/s1. The maximum Gasteiger partial charge on any atom is 0.246 e. The molecule has 0 aromatic carbocycles. The second-order valence-electron chi connectivity index (χ2n) is 3.80. The fourth-order valence-electron chi connectivity index (χ4n) is 2.04. The van der Waals surface area contributed by atoms with Gasteiger partial charge in [-0.05, 0) is 33.5 Å². The molecular weight excluding hydrogens is 164 g/mol. The average molecular weight is 182 g/mol. The fourth-order valence-corrected chi connectivity index (χ4v) is 2.04. The van der Waals surface area contributed by atoms with E-state index >= 15 is 0 Å². The van der Waals surface area contributed by atoms with E-state index < -0.39 is 0 Å². The predicted molar refractivity (Wildman–Crippen MR) is 53.5 cm³/mol. The first-order valence-electron chi connectivity index (χ1n) is 4.67. The highest BCUT2D eigenvalue weighted by Gasteiger charge is 2.33. The molecule has 1 heterocycles. The number of amides is 1. The Bertz CT molecular complexity index is 213. The van der Waals surface area contributed by atoms with E-state index in [1.165, 1.54) is 6.08 Å². The van der Waals surface area contributed by atoms with E-state index in [-0.39, 0.29) is 5.91 Å². The van der Waals surface area contributed by atoms with Crippen molar-refractivity contribution in [1.29, 1.82) is 0 Å². The molecule has 0 radical (unpaired) electrons. The number of nitrogens with zero attached hydrogens (tertiary/aromatic N) is 2. The summed E-state index contributed by atoms with van der Waals surface area (Å²) in [5.74, 6) is 0.0526. The molecule has 0 aromatic heterocycles. The minimum Gasteiger partial charge on any atom is -0.335 e. The van der Waals surface area contributed by atoms with E-state index in [1.807, 2.05) is 4.90 Å². The van der Waals surface area contributed by atoms with Crippen molar-refractivity contribution in [2.24, 2.45) is 0 Å². The van der Waals surface area contributed by atoms with Crippen LogP contribution >= 0.6 is 0 Å². The van der Waals surface area contributed by atoms with Crippen LogP contribution in [0.3, 0.4) is 0 Å². The normalized spacial score (nSPS) is 28.2. The smallest absolute Gasteiger partial charge is 0.246 e. The lowest BCUT2D eigenvalue weighted by Crippen LogP contribution is -2.41. The molecule has 1 saturated heterocycles. The van der Waals surface area contributed by atoms with Gasteiger partial charge < -0.3 is 9.80 Å². The van der Waals surface area contributed by atoms with Crippen molar-refractivity contribution in [3.05, 3.63) is 12.7 Å². The first-order valence-corrected chi connectivity index (χ1v) is 4.67. The largest absolute Gasteiger partial charge is 0.335 e. The average Bonchev–Trinajstić information content (AvgIpc) is 2.46. The molecule has 3 nitrogen and oxygen atoms in total. The van der Waals surface area contributed by atoms with Gasteiger partial charge in [0.1, 0.15) is 0 Å². The van der Waals surface area contributed by atoms with Crippen LogP contribution in [0.5, 0.6) is 0 Å². The lowest BCUT2D eigenvalue weighted by molar-refractivity contribution is -0.126. The van der Waals surface area contributed by atoms with Crippen molar-refractivity contribution in [2.45, 2.75) is 25.4 Å². The summed E-state index contributed by atoms with van der Waals surface area (Å²) < 4.78 is 0. The predicted octanol–water partition coefficient (Wildman–Crippen LogP) is 0.723. The van der Waals surface area contributed by atoms with Gasteiger partial charge in [0.15, 0.2) is 0 Å². The van der Waals surface area contributed by atoms with Gasteiger partial charge in [-0.25, -0.2) is 0 Å². The molecule has 0 bridgehead atoms. The van der Waals surface area contributed by atoms with Crippen LogP contribution in [0.25, 0.3) is 0 Å². The monoisotopic (exact) mass is 182 g/mol. The molecule has 1 aliphatic rings. The molecule has 0 spiro atoms. The van der Waals surface area contributed by atoms with Crippen molar-refractivity contribution in [3.63, 3.8) is 0 Å². The number of rotatable bonds is 2. The highest BCUT2D eigenvalue weighted by Crippen LogP contribution is 2.20. The summed E-state index contributed by atoms with van der Waals surface area (Å²) in [5, 5.41) is 0. The van der Waals surface area contributed by atoms with Gasteiger partial charge in [0.2, 0.25) is 5.91 Å². The fraction of sp³-hybridized carbons (Fsp3) is 0.700. The molecule has 13 heavy (non-hydrogen) atoms. The summed E-state index contributed by atoms with van der Waals surface area (Å²) in [6.45, 7) is 6.46. The molecule has 1 amide bonds. The van der Waals surface area contributed by atoms with E-state index in [9.17, 15) is 4.79 Å². The second-order valence-corrected chi connectivity index (χ2v) is 3.80. The van der Waals surface area contributed by atoms with Crippen LogP contribution in [0.1, 0.15) is 13.3 Å². The summed E-state index contributed by atoms with van der Waals surface area (Å²) in [5.41, 5.74) is 0. The van der Waals surface area contributed by atoms with Crippen molar-refractivity contribution in [2.75, 3.05) is 20.6 Å². The molecule has 0 aliphatic carbocycles. The van der Waals surface area contributed by atoms with Crippen LogP contribution in [-0.2, 0) is 4.79 Å². The zero-order chi connectivity index (χ0) is 10.0. The van der Waals surface area contributed by atoms with Crippen molar-refractivity contribution >= 4 is 5.91 Å². The van der Waals surface area contributed by atoms with E-state index in [0.29, 0.717) is 12.1 Å². The summed E-state index contributed by atoms with van der Waals surface area (Å²) in [4.78, 5) is 15.5. The molecular formula is C10H18N2O. The summed E-state index contributed by atoms with van der Waals surface area (Å²) >= 11 is 0.